The highest BCUT2D eigenvalue weighted by Crippen LogP contribution is 2.23. The Morgan fingerprint density at radius 3 is 2.50 bits per heavy atom. The summed E-state index contributed by atoms with van der Waals surface area (Å²) < 4.78 is 33.3. The lowest BCUT2D eigenvalue weighted by atomic mass is 10.1. The molecule has 8 heteroatoms. The summed E-state index contributed by atoms with van der Waals surface area (Å²) in [6.45, 7) is 3.29. The molecule has 2 aromatic carbocycles. The molecule has 0 aromatic heterocycles. The van der Waals surface area contributed by atoms with Crippen LogP contribution in [0, 0.1) is 0 Å². The molecular formula is C22H29N3O4S. The fraction of sp³-hybridized carbons (Fsp3) is 0.409. The highest BCUT2D eigenvalue weighted by Gasteiger charge is 2.19. The van der Waals surface area contributed by atoms with E-state index in [-0.39, 0.29) is 17.0 Å². The molecule has 3 rings (SSSR count). The Labute approximate surface area is 178 Å². The van der Waals surface area contributed by atoms with Crippen molar-refractivity contribution < 1.29 is 17.9 Å². The molecule has 0 radical (unpaired) electrons. The topological polar surface area (TPSA) is 87.7 Å². The first-order chi connectivity index (χ1) is 14.4. The third-order valence-electron chi connectivity index (χ3n) is 5.27. The van der Waals surface area contributed by atoms with Crippen LogP contribution in [0.1, 0.15) is 40.7 Å². The lowest BCUT2D eigenvalue weighted by Crippen LogP contribution is -2.29. The van der Waals surface area contributed by atoms with Crippen LogP contribution in [0.15, 0.2) is 47.4 Å². The number of carbonyl (C=O) groups excluding carboxylic acids is 1. The van der Waals surface area contributed by atoms with Gasteiger partial charge in [0.25, 0.3) is 5.91 Å². The number of piperidine rings is 1. The van der Waals surface area contributed by atoms with Crippen molar-refractivity contribution in [1.29, 1.82) is 0 Å². The van der Waals surface area contributed by atoms with Crippen molar-refractivity contribution in [3.63, 3.8) is 0 Å². The van der Waals surface area contributed by atoms with Crippen LogP contribution in [0.2, 0.25) is 0 Å². The minimum atomic E-state index is -3.78. The largest absolute Gasteiger partial charge is 0.496 e. The van der Waals surface area contributed by atoms with Crippen molar-refractivity contribution in [1.82, 2.24) is 14.9 Å². The second-order valence-electron chi connectivity index (χ2n) is 7.42. The standard InChI is InChI=1S/C22H29N3O4S/c1-23-22(26)20-14-19(9-10-21(20)29-2)30(27,28)24-15-17-7-6-8-18(13-17)16-25-11-4-3-5-12-25/h6-10,13-14,24H,3-5,11-12,15-16H2,1-2H3,(H,23,26). The van der Waals surface area contributed by atoms with Gasteiger partial charge in [-0.15, -0.1) is 0 Å². The van der Waals surface area contributed by atoms with Crippen LogP contribution in [0.25, 0.3) is 0 Å². The molecule has 30 heavy (non-hydrogen) atoms. The summed E-state index contributed by atoms with van der Waals surface area (Å²) in [7, 11) is -0.864. The second kappa shape index (κ2) is 10.1. The Morgan fingerprint density at radius 1 is 1.07 bits per heavy atom. The van der Waals surface area contributed by atoms with Crippen molar-refractivity contribution in [3.8, 4) is 5.75 Å². The minimum Gasteiger partial charge on any atom is -0.496 e. The Kier molecular flexibility index (Phi) is 7.47. The van der Waals surface area contributed by atoms with E-state index in [0.29, 0.717) is 5.75 Å². The molecule has 2 N–H and O–H groups in total. The molecule has 1 saturated heterocycles. The Bertz CT molecular complexity index is 986. The lowest BCUT2D eigenvalue weighted by Gasteiger charge is -2.26. The zero-order valence-corrected chi connectivity index (χ0v) is 18.3. The number of hydrogen-bond donors (Lipinski definition) is 2. The Morgan fingerprint density at radius 2 is 1.80 bits per heavy atom. The number of likely N-dealkylation sites (tertiary alicyclic amines) is 1. The van der Waals surface area contributed by atoms with E-state index >= 15 is 0 Å². The van der Waals surface area contributed by atoms with E-state index < -0.39 is 15.9 Å². The van der Waals surface area contributed by atoms with Crippen molar-refractivity contribution in [2.45, 2.75) is 37.2 Å². The minimum absolute atomic E-state index is 0.0198. The number of hydrogen-bond acceptors (Lipinski definition) is 5. The van der Waals surface area contributed by atoms with Gasteiger partial charge in [0.2, 0.25) is 10.0 Å². The smallest absolute Gasteiger partial charge is 0.254 e. The summed E-state index contributed by atoms with van der Waals surface area (Å²) in [6.07, 6.45) is 3.77. The van der Waals surface area contributed by atoms with E-state index in [2.05, 4.69) is 21.0 Å². The van der Waals surface area contributed by atoms with Gasteiger partial charge in [-0.2, -0.15) is 0 Å². The fourth-order valence-corrected chi connectivity index (χ4v) is 4.69. The van der Waals surface area contributed by atoms with Gasteiger partial charge in [0, 0.05) is 20.1 Å². The van der Waals surface area contributed by atoms with E-state index in [1.165, 1.54) is 57.2 Å². The maximum atomic E-state index is 12.8. The monoisotopic (exact) mass is 431 g/mol. The molecule has 1 amide bonds. The van der Waals surface area contributed by atoms with Crippen LogP contribution < -0.4 is 14.8 Å². The highest BCUT2D eigenvalue weighted by molar-refractivity contribution is 7.89. The summed E-state index contributed by atoms with van der Waals surface area (Å²) >= 11 is 0. The van der Waals surface area contributed by atoms with Gasteiger partial charge >= 0.3 is 0 Å². The van der Waals surface area contributed by atoms with Crippen LogP contribution in [0.3, 0.4) is 0 Å². The maximum absolute atomic E-state index is 12.8. The van der Waals surface area contributed by atoms with Crippen molar-refractivity contribution in [2.24, 2.45) is 0 Å². The summed E-state index contributed by atoms with van der Waals surface area (Å²) in [6, 6.07) is 12.2. The summed E-state index contributed by atoms with van der Waals surface area (Å²) in [5.74, 6) is -0.0898. The number of rotatable bonds is 8. The second-order valence-corrected chi connectivity index (χ2v) is 9.19. The van der Waals surface area contributed by atoms with Gasteiger partial charge in [0.1, 0.15) is 5.75 Å². The molecule has 0 aliphatic carbocycles. The SMILES string of the molecule is CNC(=O)c1cc(S(=O)(=O)NCc2cccc(CN3CCCCC3)c2)ccc1OC. The van der Waals surface area contributed by atoms with Gasteiger partial charge in [-0.1, -0.05) is 30.7 Å². The molecule has 1 aliphatic rings. The summed E-state index contributed by atoms with van der Waals surface area (Å²) in [5, 5.41) is 2.49. The molecule has 0 bridgehead atoms. The van der Waals surface area contributed by atoms with Gasteiger partial charge in [-0.3, -0.25) is 9.69 Å². The predicted molar refractivity (Wildman–Crippen MR) is 116 cm³/mol. The van der Waals surface area contributed by atoms with Crippen molar-refractivity contribution in [3.05, 3.63) is 59.2 Å². The quantitative estimate of drug-likeness (QED) is 0.671. The third-order valence-corrected chi connectivity index (χ3v) is 6.66. The van der Waals surface area contributed by atoms with Crippen LogP contribution in [-0.2, 0) is 23.1 Å². The summed E-state index contributed by atoms with van der Waals surface area (Å²) in [5.41, 5.74) is 2.25. The van der Waals surface area contributed by atoms with E-state index in [0.717, 1.165) is 25.2 Å². The third kappa shape index (κ3) is 5.59. The predicted octanol–water partition coefficient (Wildman–Crippen LogP) is 2.52. The number of amides is 1. The zero-order chi connectivity index (χ0) is 21.6. The number of sulfonamides is 1. The van der Waals surface area contributed by atoms with Crippen LogP contribution in [0.4, 0.5) is 0 Å². The van der Waals surface area contributed by atoms with Crippen molar-refractivity contribution in [2.75, 3.05) is 27.2 Å². The average Bonchev–Trinajstić information content (AvgIpc) is 2.77. The molecule has 0 saturated carbocycles. The molecule has 1 heterocycles. The van der Waals surface area contributed by atoms with Gasteiger partial charge in [0.05, 0.1) is 17.6 Å². The van der Waals surface area contributed by atoms with E-state index in [1.807, 2.05) is 18.2 Å². The fourth-order valence-electron chi connectivity index (χ4n) is 3.64. The molecule has 0 spiro atoms. The maximum Gasteiger partial charge on any atom is 0.254 e. The molecule has 7 nitrogen and oxygen atoms in total. The molecule has 2 aromatic rings. The van der Waals surface area contributed by atoms with Crippen LogP contribution in [0.5, 0.6) is 5.75 Å². The van der Waals surface area contributed by atoms with Crippen molar-refractivity contribution >= 4 is 15.9 Å². The van der Waals surface area contributed by atoms with Gasteiger partial charge < -0.3 is 10.1 Å². The number of nitrogens with zero attached hydrogens (tertiary/aromatic N) is 1. The van der Waals surface area contributed by atoms with Gasteiger partial charge in [-0.25, -0.2) is 13.1 Å². The molecule has 0 unspecified atom stereocenters. The van der Waals surface area contributed by atoms with E-state index in [1.54, 1.807) is 0 Å². The normalized spacial score (nSPS) is 15.0. The Hall–Kier alpha value is -2.42. The van der Waals surface area contributed by atoms with Gasteiger partial charge in [-0.05, 0) is 55.3 Å². The summed E-state index contributed by atoms with van der Waals surface area (Å²) in [4.78, 5) is 14.5. The van der Waals surface area contributed by atoms with Gasteiger partial charge in [0.15, 0.2) is 0 Å². The molecule has 162 valence electrons. The van der Waals surface area contributed by atoms with Crippen LogP contribution >= 0.6 is 0 Å². The molecule has 1 aliphatic heterocycles. The lowest BCUT2D eigenvalue weighted by molar-refractivity contribution is 0.0960. The number of benzene rings is 2. The first-order valence-corrected chi connectivity index (χ1v) is 11.6. The Balaban J connectivity index is 1.70. The number of carbonyl (C=O) groups is 1. The molecular weight excluding hydrogens is 402 g/mol. The number of nitrogens with one attached hydrogen (secondary N) is 2. The first-order valence-electron chi connectivity index (χ1n) is 10.1. The first kappa shape index (κ1) is 22.3. The van der Waals surface area contributed by atoms with Crippen LogP contribution in [-0.4, -0.2) is 46.5 Å². The van der Waals surface area contributed by atoms with E-state index in [9.17, 15) is 13.2 Å². The van der Waals surface area contributed by atoms with E-state index in [4.69, 9.17) is 4.74 Å². The average molecular weight is 432 g/mol. The number of methoxy groups -OCH3 is 1. The molecule has 0 atom stereocenters. The zero-order valence-electron chi connectivity index (χ0n) is 17.5. The number of ether oxygens (including phenoxy) is 1. The highest BCUT2D eigenvalue weighted by atomic mass is 32.2. The molecule has 1 fully saturated rings.